The predicted octanol–water partition coefficient (Wildman–Crippen LogP) is -11.8. The molecular formula is B3Cu2O9-5. The molecule has 0 saturated heterocycles. The van der Waals surface area contributed by atoms with Crippen LogP contribution in [0.2, 0.25) is 0 Å². The van der Waals surface area contributed by atoms with Crippen LogP contribution in [0.1, 0.15) is 0 Å². The van der Waals surface area contributed by atoms with Crippen LogP contribution in [0.25, 0.3) is 0 Å². The van der Waals surface area contributed by atoms with Gasteiger partial charge >= 0.3 is 34.1 Å². The average Bonchev–Trinajstić information content (AvgIpc) is 1.54. The van der Waals surface area contributed by atoms with Crippen molar-refractivity contribution in [3.8, 4) is 0 Å². The average molecular weight is 304 g/mol. The zero-order valence-electron chi connectivity index (χ0n) is 6.01. The van der Waals surface area contributed by atoms with Gasteiger partial charge in [0.05, 0.1) is 0 Å². The maximum Gasteiger partial charge on any atom is 2.00 e. The van der Waals surface area contributed by atoms with E-state index in [0.29, 0.717) is 0 Å². The van der Waals surface area contributed by atoms with Gasteiger partial charge in [-0.3, -0.25) is 22.0 Å². The van der Waals surface area contributed by atoms with Gasteiger partial charge in [0.1, 0.15) is 0 Å². The largest absolute Gasteiger partial charge is 2.00 e. The SMILES string of the molecule is [Cu+2].[Cu+2].[O-]B([O-])[O-].[O-]B([O-])[O-].[O-]B([O-])[O-]. The summed E-state index contributed by atoms with van der Waals surface area (Å²) in [7, 11) is -8.75. The summed E-state index contributed by atoms with van der Waals surface area (Å²) in [6.07, 6.45) is 0. The third-order valence-corrected chi connectivity index (χ3v) is 0. The van der Waals surface area contributed by atoms with Crippen LogP contribution in [0.15, 0.2) is 0 Å². The Morgan fingerprint density at radius 3 is 0.357 bits per heavy atom. The van der Waals surface area contributed by atoms with E-state index in [2.05, 4.69) is 0 Å². The molecule has 0 heterocycles. The summed E-state index contributed by atoms with van der Waals surface area (Å²) in [5.74, 6) is 0. The third kappa shape index (κ3) is 2380. The Kier molecular flexibility index (Phi) is 49.5. The molecule has 0 amide bonds. The Balaban J connectivity index is -0.0000000270. The standard InChI is InChI=1S/3BO3.2Cu/c3*2-1(3)4;;/q3*-3;2*+2. The van der Waals surface area contributed by atoms with Crippen molar-refractivity contribution < 1.29 is 79.4 Å². The van der Waals surface area contributed by atoms with E-state index in [1.54, 1.807) is 0 Å². The molecule has 9 nitrogen and oxygen atoms in total. The maximum atomic E-state index is 8.42. The van der Waals surface area contributed by atoms with Gasteiger partial charge in [-0.05, 0) is 0 Å². The maximum absolute atomic E-state index is 8.42. The summed E-state index contributed by atoms with van der Waals surface area (Å²) >= 11 is 0. The second-order valence-electron chi connectivity index (χ2n) is 0.866. The molecule has 0 bridgehead atoms. The molecule has 0 aliphatic rings. The molecule has 0 aromatic rings. The molecule has 0 spiro atoms. The first-order valence-corrected chi connectivity index (χ1v) is 2.12. The molecule has 90 valence electrons. The molecule has 0 aromatic heterocycles. The Hall–Kier alpha value is 0.874. The smallest absolute Gasteiger partial charge is 0.907 e. The monoisotopic (exact) mass is 303 g/mol. The summed E-state index contributed by atoms with van der Waals surface area (Å²) in [4.78, 5) is 0. The molecule has 0 fully saturated rings. The van der Waals surface area contributed by atoms with Gasteiger partial charge in [-0.25, -0.2) is 0 Å². The van der Waals surface area contributed by atoms with Crippen molar-refractivity contribution in [2.75, 3.05) is 0 Å². The summed E-state index contributed by atoms with van der Waals surface area (Å²) in [5, 5.41) is 75.8. The van der Waals surface area contributed by atoms with E-state index in [-0.39, 0.29) is 34.1 Å². The summed E-state index contributed by atoms with van der Waals surface area (Å²) in [6.45, 7) is 0. The van der Waals surface area contributed by atoms with E-state index in [1.807, 2.05) is 0 Å². The van der Waals surface area contributed by atoms with Crippen LogP contribution in [-0.2, 0) is 34.1 Å². The molecular weight excluding hydrogens is 304 g/mol. The van der Waals surface area contributed by atoms with Crippen LogP contribution in [0.5, 0.6) is 0 Å². The molecule has 0 N–H and O–H groups in total. The van der Waals surface area contributed by atoms with Crippen molar-refractivity contribution in [1.82, 2.24) is 0 Å². The van der Waals surface area contributed by atoms with Gasteiger partial charge in [-0.15, -0.1) is 0 Å². The first-order chi connectivity index (χ1) is 5.20. The minimum absolute atomic E-state index is 0. The van der Waals surface area contributed by atoms with Crippen LogP contribution < -0.4 is 45.2 Å². The first-order valence-electron chi connectivity index (χ1n) is 2.12. The van der Waals surface area contributed by atoms with E-state index < -0.39 is 22.0 Å². The van der Waals surface area contributed by atoms with E-state index in [9.17, 15) is 0 Å². The van der Waals surface area contributed by atoms with Gasteiger partial charge in [0.25, 0.3) is 0 Å². The van der Waals surface area contributed by atoms with Gasteiger partial charge in [0.2, 0.25) is 0 Å². The minimum Gasteiger partial charge on any atom is -0.907 e. The van der Waals surface area contributed by atoms with E-state index in [0.717, 1.165) is 0 Å². The summed E-state index contributed by atoms with van der Waals surface area (Å²) in [6, 6.07) is 0. The molecule has 2 radical (unpaired) electrons. The van der Waals surface area contributed by atoms with Crippen LogP contribution in [-0.4, -0.2) is 22.0 Å². The van der Waals surface area contributed by atoms with Crippen LogP contribution in [0, 0.1) is 0 Å². The van der Waals surface area contributed by atoms with Gasteiger partial charge in [0, 0.05) is 0 Å². The van der Waals surface area contributed by atoms with Crippen molar-refractivity contribution in [1.29, 1.82) is 0 Å². The molecule has 0 unspecified atom stereocenters. The number of rotatable bonds is 0. The Labute approximate surface area is 102 Å². The summed E-state index contributed by atoms with van der Waals surface area (Å²) in [5.41, 5.74) is 0. The van der Waals surface area contributed by atoms with Crippen molar-refractivity contribution in [3.05, 3.63) is 0 Å². The van der Waals surface area contributed by atoms with Gasteiger partial charge < -0.3 is 45.2 Å². The Morgan fingerprint density at radius 1 is 0.357 bits per heavy atom. The van der Waals surface area contributed by atoms with Crippen molar-refractivity contribution in [2.24, 2.45) is 0 Å². The van der Waals surface area contributed by atoms with Gasteiger partial charge in [-0.2, -0.15) is 0 Å². The van der Waals surface area contributed by atoms with Crippen LogP contribution in [0.3, 0.4) is 0 Å². The van der Waals surface area contributed by atoms with Crippen molar-refractivity contribution in [2.45, 2.75) is 0 Å². The number of hydrogen-bond acceptors (Lipinski definition) is 9. The second-order valence-corrected chi connectivity index (χ2v) is 0.866. The molecule has 0 atom stereocenters. The fraction of sp³-hybridized carbons (Fsp3) is 0. The first kappa shape index (κ1) is 29.4. The zero-order valence-corrected chi connectivity index (χ0v) is 7.89. The van der Waals surface area contributed by atoms with Crippen LogP contribution >= 0.6 is 0 Å². The molecule has 0 aliphatic heterocycles. The zero-order chi connectivity index (χ0) is 10.7. The minimum atomic E-state index is -2.92. The van der Waals surface area contributed by atoms with Crippen molar-refractivity contribution in [3.63, 3.8) is 0 Å². The topological polar surface area (TPSA) is 208 Å². The van der Waals surface area contributed by atoms with E-state index >= 15 is 0 Å². The summed E-state index contributed by atoms with van der Waals surface area (Å²) < 4.78 is 0. The quantitative estimate of drug-likeness (QED) is 0.388. The second kappa shape index (κ2) is 23.6. The normalized spacial score (nSPS) is 5.79. The fourth-order valence-corrected chi connectivity index (χ4v) is 0. The molecule has 0 saturated carbocycles. The predicted molar refractivity (Wildman–Crippen MR) is 17.3 cm³/mol. The molecule has 0 aliphatic carbocycles. The van der Waals surface area contributed by atoms with E-state index in [4.69, 9.17) is 45.2 Å². The third-order valence-electron chi connectivity index (χ3n) is 0. The van der Waals surface area contributed by atoms with Crippen LogP contribution in [0.4, 0.5) is 0 Å². The van der Waals surface area contributed by atoms with Gasteiger partial charge in [-0.1, -0.05) is 0 Å². The molecule has 14 heteroatoms. The Morgan fingerprint density at radius 2 is 0.357 bits per heavy atom. The molecule has 0 aromatic carbocycles. The number of hydrogen-bond donors (Lipinski definition) is 0. The van der Waals surface area contributed by atoms with Crippen molar-refractivity contribution >= 4 is 22.0 Å². The molecule has 0 rings (SSSR count). The van der Waals surface area contributed by atoms with E-state index in [1.165, 1.54) is 0 Å². The van der Waals surface area contributed by atoms with Gasteiger partial charge in [0.15, 0.2) is 0 Å². The fourth-order valence-electron chi connectivity index (χ4n) is 0. The Bertz CT molecular complexity index is 46.5. The molecule has 14 heavy (non-hydrogen) atoms.